The Bertz CT molecular complexity index is 1070. The van der Waals surface area contributed by atoms with E-state index in [1.165, 1.54) is 0 Å². The Balaban J connectivity index is 1.46. The normalized spacial score (nSPS) is 13.0. The topological polar surface area (TPSA) is 80.3 Å². The first kappa shape index (κ1) is 14.1. The van der Waals surface area contributed by atoms with Gasteiger partial charge in [-0.05, 0) is 24.3 Å². The third-order valence-corrected chi connectivity index (χ3v) is 4.47. The van der Waals surface area contributed by atoms with E-state index >= 15 is 0 Å². The molecule has 1 aliphatic heterocycles. The second-order valence-electron chi connectivity index (χ2n) is 6.05. The molecule has 0 bridgehead atoms. The summed E-state index contributed by atoms with van der Waals surface area (Å²) in [6, 6.07) is 11.6. The molecule has 0 saturated heterocycles. The molecule has 2 aromatic heterocycles. The molecule has 0 saturated carbocycles. The highest BCUT2D eigenvalue weighted by Crippen LogP contribution is 2.39. The number of hydrogen-bond acceptors (Lipinski definition) is 5. The van der Waals surface area contributed by atoms with Crippen LogP contribution in [0.1, 0.15) is 11.5 Å². The van der Waals surface area contributed by atoms with Crippen molar-refractivity contribution in [3.63, 3.8) is 0 Å². The molecule has 6 nitrogen and oxygen atoms in total. The van der Waals surface area contributed by atoms with Crippen LogP contribution in [0.5, 0.6) is 17.2 Å². The predicted octanol–water partition coefficient (Wildman–Crippen LogP) is 3.33. The van der Waals surface area contributed by atoms with Gasteiger partial charge in [-0.3, -0.25) is 4.98 Å². The molecule has 0 spiro atoms. The fourth-order valence-electron chi connectivity index (χ4n) is 3.18. The van der Waals surface area contributed by atoms with Crippen molar-refractivity contribution in [2.45, 2.75) is 12.8 Å². The maximum atomic E-state index is 10.6. The summed E-state index contributed by atoms with van der Waals surface area (Å²) in [4.78, 5) is 12.3. The van der Waals surface area contributed by atoms with Crippen LogP contribution in [0.15, 0.2) is 42.6 Å². The zero-order chi connectivity index (χ0) is 16.8. The summed E-state index contributed by atoms with van der Waals surface area (Å²) in [6.45, 7) is 0.207. The number of H-pyrrole nitrogens is 1. The van der Waals surface area contributed by atoms with Crippen molar-refractivity contribution in [1.29, 1.82) is 0 Å². The largest absolute Gasteiger partial charge is 0.505 e. The molecule has 0 atom stereocenters. The van der Waals surface area contributed by atoms with Gasteiger partial charge in [0.05, 0.1) is 16.7 Å². The SMILES string of the molecule is Oc1c(CCc2nc3ccccc3[nH]2)ncc2cc3c(cc12)OCO3. The summed E-state index contributed by atoms with van der Waals surface area (Å²) in [7, 11) is 0. The molecule has 2 aromatic carbocycles. The van der Waals surface area contributed by atoms with Gasteiger partial charge < -0.3 is 19.6 Å². The predicted molar refractivity (Wildman–Crippen MR) is 93.0 cm³/mol. The molecule has 1 aliphatic rings. The number of rotatable bonds is 3. The van der Waals surface area contributed by atoms with Crippen molar-refractivity contribution in [1.82, 2.24) is 15.0 Å². The van der Waals surface area contributed by atoms with Crippen LogP contribution in [0, 0.1) is 0 Å². The van der Waals surface area contributed by atoms with Gasteiger partial charge in [0.2, 0.25) is 6.79 Å². The average Bonchev–Trinajstić information content (AvgIpc) is 3.25. The lowest BCUT2D eigenvalue weighted by Gasteiger charge is -2.07. The molecule has 5 rings (SSSR count). The van der Waals surface area contributed by atoms with Crippen LogP contribution in [0.4, 0.5) is 0 Å². The Hall–Kier alpha value is -3.28. The van der Waals surface area contributed by atoms with E-state index in [1.54, 1.807) is 12.3 Å². The van der Waals surface area contributed by atoms with Gasteiger partial charge in [0.25, 0.3) is 0 Å². The molecule has 25 heavy (non-hydrogen) atoms. The number of aromatic nitrogens is 3. The molecular formula is C19H15N3O3. The Morgan fingerprint density at radius 2 is 1.92 bits per heavy atom. The fraction of sp³-hybridized carbons (Fsp3) is 0.158. The summed E-state index contributed by atoms with van der Waals surface area (Å²) in [6.07, 6.45) is 3.02. The lowest BCUT2D eigenvalue weighted by molar-refractivity contribution is 0.174. The number of aromatic hydroxyl groups is 1. The fourth-order valence-corrected chi connectivity index (χ4v) is 3.18. The Morgan fingerprint density at radius 1 is 1.08 bits per heavy atom. The number of aryl methyl sites for hydroxylation is 2. The molecule has 0 amide bonds. The first-order valence-electron chi connectivity index (χ1n) is 8.12. The molecule has 4 aromatic rings. The van der Waals surface area contributed by atoms with Gasteiger partial charge in [0, 0.05) is 29.8 Å². The van der Waals surface area contributed by atoms with E-state index in [0.717, 1.165) is 27.6 Å². The van der Waals surface area contributed by atoms with Crippen LogP contribution in [0.2, 0.25) is 0 Å². The number of fused-ring (bicyclic) bond motifs is 3. The average molecular weight is 333 g/mol. The van der Waals surface area contributed by atoms with E-state index in [2.05, 4.69) is 15.0 Å². The smallest absolute Gasteiger partial charge is 0.231 e. The maximum Gasteiger partial charge on any atom is 0.231 e. The van der Waals surface area contributed by atoms with E-state index in [0.29, 0.717) is 30.0 Å². The minimum absolute atomic E-state index is 0.187. The Morgan fingerprint density at radius 3 is 2.80 bits per heavy atom. The van der Waals surface area contributed by atoms with Gasteiger partial charge in [-0.2, -0.15) is 0 Å². The van der Waals surface area contributed by atoms with E-state index < -0.39 is 0 Å². The molecule has 0 radical (unpaired) electrons. The van der Waals surface area contributed by atoms with Crippen molar-refractivity contribution < 1.29 is 14.6 Å². The number of ether oxygens (including phenoxy) is 2. The highest BCUT2D eigenvalue weighted by atomic mass is 16.7. The lowest BCUT2D eigenvalue weighted by Crippen LogP contribution is -1.97. The molecule has 0 aliphatic carbocycles. The van der Waals surface area contributed by atoms with Crippen molar-refractivity contribution in [2.75, 3.05) is 6.79 Å². The number of pyridine rings is 1. The van der Waals surface area contributed by atoms with Crippen molar-refractivity contribution in [3.05, 3.63) is 54.1 Å². The van der Waals surface area contributed by atoms with Gasteiger partial charge in [-0.15, -0.1) is 0 Å². The molecule has 2 N–H and O–H groups in total. The van der Waals surface area contributed by atoms with Crippen LogP contribution in [-0.4, -0.2) is 26.9 Å². The van der Waals surface area contributed by atoms with Gasteiger partial charge in [0.1, 0.15) is 11.6 Å². The Labute approximate surface area is 143 Å². The minimum atomic E-state index is 0.187. The summed E-state index contributed by atoms with van der Waals surface area (Å²) >= 11 is 0. The first-order valence-corrected chi connectivity index (χ1v) is 8.12. The quantitative estimate of drug-likeness (QED) is 0.601. The zero-order valence-corrected chi connectivity index (χ0v) is 13.3. The first-order chi connectivity index (χ1) is 12.3. The Kier molecular flexibility index (Phi) is 3.03. The number of benzene rings is 2. The molecule has 3 heterocycles. The van der Waals surface area contributed by atoms with Crippen LogP contribution in [0.25, 0.3) is 21.8 Å². The third kappa shape index (κ3) is 2.34. The standard InChI is InChI=1S/C19H15N3O3/c23-19-12-8-17-16(24-10-25-17)7-11(12)9-20-15(19)5-6-18-21-13-3-1-2-4-14(13)22-18/h1-4,7-9,23H,5-6,10H2,(H,21,22). The van der Waals surface area contributed by atoms with Crippen LogP contribution < -0.4 is 9.47 Å². The number of nitrogens with zero attached hydrogens (tertiary/aromatic N) is 2. The van der Waals surface area contributed by atoms with E-state index in [1.807, 2.05) is 30.3 Å². The highest BCUT2D eigenvalue weighted by molar-refractivity contribution is 5.91. The van der Waals surface area contributed by atoms with E-state index in [4.69, 9.17) is 9.47 Å². The molecule has 0 unspecified atom stereocenters. The van der Waals surface area contributed by atoms with Crippen LogP contribution in [0.3, 0.4) is 0 Å². The van der Waals surface area contributed by atoms with Crippen LogP contribution in [-0.2, 0) is 12.8 Å². The number of nitrogens with one attached hydrogen (secondary N) is 1. The van der Waals surface area contributed by atoms with Crippen molar-refractivity contribution in [3.8, 4) is 17.2 Å². The van der Waals surface area contributed by atoms with Crippen LogP contribution >= 0.6 is 0 Å². The number of hydrogen-bond donors (Lipinski definition) is 2. The van der Waals surface area contributed by atoms with Crippen molar-refractivity contribution in [2.24, 2.45) is 0 Å². The monoisotopic (exact) mass is 333 g/mol. The van der Waals surface area contributed by atoms with Gasteiger partial charge in [-0.25, -0.2) is 4.98 Å². The molecule has 0 fully saturated rings. The number of para-hydroxylation sites is 2. The number of imidazole rings is 1. The second kappa shape index (κ2) is 5.37. The zero-order valence-electron chi connectivity index (χ0n) is 13.3. The van der Waals surface area contributed by atoms with E-state index in [-0.39, 0.29) is 12.5 Å². The highest BCUT2D eigenvalue weighted by Gasteiger charge is 2.17. The summed E-state index contributed by atoms with van der Waals surface area (Å²) in [5.74, 6) is 2.40. The molecule has 6 heteroatoms. The lowest BCUT2D eigenvalue weighted by atomic mass is 10.1. The number of aromatic amines is 1. The minimum Gasteiger partial charge on any atom is -0.505 e. The second-order valence-corrected chi connectivity index (χ2v) is 6.05. The molecule has 124 valence electrons. The summed E-state index contributed by atoms with van der Waals surface area (Å²) < 4.78 is 10.8. The third-order valence-electron chi connectivity index (χ3n) is 4.47. The van der Waals surface area contributed by atoms with Gasteiger partial charge in [0.15, 0.2) is 11.5 Å². The summed E-state index contributed by atoms with van der Waals surface area (Å²) in [5.41, 5.74) is 2.61. The maximum absolute atomic E-state index is 10.6. The van der Waals surface area contributed by atoms with E-state index in [9.17, 15) is 5.11 Å². The van der Waals surface area contributed by atoms with Gasteiger partial charge >= 0.3 is 0 Å². The van der Waals surface area contributed by atoms with Gasteiger partial charge in [-0.1, -0.05) is 12.1 Å². The summed E-state index contributed by atoms with van der Waals surface area (Å²) in [5, 5.41) is 12.2. The molecular weight excluding hydrogens is 318 g/mol. The van der Waals surface area contributed by atoms with Crippen molar-refractivity contribution >= 4 is 21.8 Å².